The predicted octanol–water partition coefficient (Wildman–Crippen LogP) is 3.93. The van der Waals surface area contributed by atoms with Crippen LogP contribution in [-0.4, -0.2) is 44.2 Å². The molecule has 2 rings (SSSR count). The zero-order chi connectivity index (χ0) is 20.0. The highest BCUT2D eigenvalue weighted by Gasteiger charge is 2.31. The normalized spacial score (nSPS) is 12.6. The number of benzene rings is 2. The number of halogens is 1. The maximum atomic E-state index is 12.7. The number of carbonyl (C=O) groups excluding carboxylic acids is 1. The van der Waals surface area contributed by atoms with Crippen LogP contribution in [0.1, 0.15) is 25.5 Å². The second-order valence-electron chi connectivity index (χ2n) is 7.00. The van der Waals surface area contributed by atoms with Crippen molar-refractivity contribution in [2.24, 2.45) is 0 Å². The van der Waals surface area contributed by atoms with E-state index in [1.165, 1.54) is 0 Å². The first-order chi connectivity index (χ1) is 12.7. The quantitative estimate of drug-likeness (QED) is 0.742. The molecule has 1 amide bonds. The minimum atomic E-state index is -1.02. The van der Waals surface area contributed by atoms with Crippen LogP contribution in [0.25, 0.3) is 0 Å². The van der Waals surface area contributed by atoms with E-state index in [0.717, 1.165) is 11.3 Å². The molecule has 0 heterocycles. The fourth-order valence-corrected chi connectivity index (χ4v) is 2.88. The summed E-state index contributed by atoms with van der Waals surface area (Å²) in [5.74, 6) is 1.19. The van der Waals surface area contributed by atoms with Crippen molar-refractivity contribution >= 4 is 17.5 Å². The molecule has 0 unspecified atom stereocenters. The molecule has 0 aliphatic rings. The molecule has 0 saturated heterocycles. The number of hydrogen-bond acceptors (Lipinski definition) is 4. The third-order valence-corrected chi connectivity index (χ3v) is 4.56. The van der Waals surface area contributed by atoms with E-state index in [2.05, 4.69) is 5.32 Å². The Morgan fingerprint density at radius 2 is 1.78 bits per heavy atom. The number of carbonyl (C=O) groups is 1. The molecule has 146 valence electrons. The highest BCUT2D eigenvalue weighted by atomic mass is 35.5. The summed E-state index contributed by atoms with van der Waals surface area (Å²) in [6.45, 7) is 3.91. The Hall–Kier alpha value is -2.24. The van der Waals surface area contributed by atoms with Gasteiger partial charge < -0.3 is 19.7 Å². The molecule has 1 N–H and O–H groups in total. The summed E-state index contributed by atoms with van der Waals surface area (Å²) in [4.78, 5) is 14.8. The van der Waals surface area contributed by atoms with Crippen LogP contribution in [0.2, 0.25) is 5.02 Å². The van der Waals surface area contributed by atoms with E-state index in [9.17, 15) is 4.79 Å². The van der Waals surface area contributed by atoms with Crippen LogP contribution >= 0.6 is 11.6 Å². The number of para-hydroxylation sites is 1. The van der Waals surface area contributed by atoms with E-state index in [1.807, 2.05) is 43.3 Å². The average molecular weight is 391 g/mol. The monoisotopic (exact) mass is 390 g/mol. The minimum absolute atomic E-state index is 0.0311. The van der Waals surface area contributed by atoms with Crippen molar-refractivity contribution in [3.8, 4) is 11.5 Å². The van der Waals surface area contributed by atoms with Crippen LogP contribution in [0, 0.1) is 0 Å². The van der Waals surface area contributed by atoms with Gasteiger partial charge in [0.15, 0.2) is 5.60 Å². The number of ether oxygens (including phenoxy) is 2. The molecule has 2 aromatic rings. The molecule has 0 aliphatic heterocycles. The van der Waals surface area contributed by atoms with Gasteiger partial charge in [-0.05, 0) is 58.3 Å². The molecule has 2 aromatic carbocycles. The van der Waals surface area contributed by atoms with Gasteiger partial charge in [0.1, 0.15) is 11.5 Å². The molecule has 0 fully saturated rings. The summed E-state index contributed by atoms with van der Waals surface area (Å²) >= 11 is 5.89. The minimum Gasteiger partial charge on any atom is -0.496 e. The van der Waals surface area contributed by atoms with Crippen molar-refractivity contribution in [3.63, 3.8) is 0 Å². The van der Waals surface area contributed by atoms with E-state index < -0.39 is 5.60 Å². The smallest absolute Gasteiger partial charge is 0.263 e. The average Bonchev–Trinajstić information content (AvgIpc) is 2.63. The van der Waals surface area contributed by atoms with Gasteiger partial charge in [0.25, 0.3) is 5.91 Å². The van der Waals surface area contributed by atoms with E-state index in [-0.39, 0.29) is 11.9 Å². The number of nitrogens with zero attached hydrogens (tertiary/aromatic N) is 1. The molecule has 0 spiro atoms. The zero-order valence-corrected chi connectivity index (χ0v) is 17.2. The second-order valence-corrected chi connectivity index (χ2v) is 7.43. The van der Waals surface area contributed by atoms with Crippen LogP contribution in [0.5, 0.6) is 11.5 Å². The highest BCUT2D eigenvalue weighted by molar-refractivity contribution is 6.30. The van der Waals surface area contributed by atoms with Crippen molar-refractivity contribution in [2.45, 2.75) is 25.5 Å². The topological polar surface area (TPSA) is 50.8 Å². The van der Waals surface area contributed by atoms with Gasteiger partial charge in [0, 0.05) is 17.1 Å². The Balaban J connectivity index is 2.07. The first kappa shape index (κ1) is 21.1. The number of likely N-dealkylation sites (N-methyl/N-ethyl adjacent to an activating group) is 1. The molecule has 0 aliphatic carbocycles. The van der Waals surface area contributed by atoms with Crippen LogP contribution in [-0.2, 0) is 4.79 Å². The van der Waals surface area contributed by atoms with Crippen molar-refractivity contribution < 1.29 is 14.3 Å². The molecule has 0 bridgehead atoms. The Morgan fingerprint density at radius 3 is 2.37 bits per heavy atom. The lowest BCUT2D eigenvalue weighted by Crippen LogP contribution is -2.48. The number of methoxy groups -OCH3 is 1. The fraction of sp³-hybridized carbons (Fsp3) is 0.381. The van der Waals surface area contributed by atoms with Gasteiger partial charge >= 0.3 is 0 Å². The molecular formula is C21H27ClN2O3. The van der Waals surface area contributed by atoms with Crippen LogP contribution in [0.4, 0.5) is 0 Å². The molecule has 0 radical (unpaired) electrons. The molecule has 6 heteroatoms. The van der Waals surface area contributed by atoms with Crippen molar-refractivity contribution in [2.75, 3.05) is 27.7 Å². The summed E-state index contributed by atoms with van der Waals surface area (Å²) in [6, 6.07) is 14.7. The highest BCUT2D eigenvalue weighted by Crippen LogP contribution is 2.28. The Morgan fingerprint density at radius 1 is 1.15 bits per heavy atom. The van der Waals surface area contributed by atoms with E-state index in [4.69, 9.17) is 21.1 Å². The zero-order valence-electron chi connectivity index (χ0n) is 16.5. The summed E-state index contributed by atoms with van der Waals surface area (Å²) < 4.78 is 11.3. The van der Waals surface area contributed by atoms with Crippen LogP contribution in [0.15, 0.2) is 48.5 Å². The van der Waals surface area contributed by atoms with Gasteiger partial charge in [-0.3, -0.25) is 4.79 Å². The lowest BCUT2D eigenvalue weighted by Gasteiger charge is -2.29. The van der Waals surface area contributed by atoms with Crippen molar-refractivity contribution in [1.82, 2.24) is 10.2 Å². The third kappa shape index (κ3) is 5.62. The van der Waals surface area contributed by atoms with Gasteiger partial charge in [-0.1, -0.05) is 29.8 Å². The largest absolute Gasteiger partial charge is 0.496 e. The first-order valence-corrected chi connectivity index (χ1v) is 9.14. The first-order valence-electron chi connectivity index (χ1n) is 8.77. The molecule has 0 aromatic heterocycles. The maximum Gasteiger partial charge on any atom is 0.263 e. The number of amides is 1. The van der Waals surface area contributed by atoms with Crippen LogP contribution in [0.3, 0.4) is 0 Å². The standard InChI is InChI=1S/C21H27ClN2O3/c1-21(2,27-16-12-10-15(22)11-13-16)20(25)23-14-18(24(3)4)17-8-6-7-9-19(17)26-5/h6-13,18H,14H2,1-5H3,(H,23,25)/t18-/m1/s1. The number of rotatable bonds is 8. The fourth-order valence-electron chi connectivity index (χ4n) is 2.76. The molecule has 1 atom stereocenters. The summed E-state index contributed by atoms with van der Waals surface area (Å²) in [7, 11) is 5.59. The van der Waals surface area contributed by atoms with Crippen molar-refractivity contribution in [1.29, 1.82) is 0 Å². The van der Waals surface area contributed by atoms with Gasteiger partial charge in [0.05, 0.1) is 13.2 Å². The van der Waals surface area contributed by atoms with Gasteiger partial charge in [-0.15, -0.1) is 0 Å². The maximum absolute atomic E-state index is 12.7. The lowest BCUT2D eigenvalue weighted by atomic mass is 10.0. The number of nitrogens with one attached hydrogen (secondary N) is 1. The van der Waals surface area contributed by atoms with E-state index in [0.29, 0.717) is 17.3 Å². The van der Waals surface area contributed by atoms with E-state index >= 15 is 0 Å². The molecule has 27 heavy (non-hydrogen) atoms. The molecule has 5 nitrogen and oxygen atoms in total. The lowest BCUT2D eigenvalue weighted by molar-refractivity contribution is -0.134. The summed E-state index contributed by atoms with van der Waals surface area (Å²) in [5.41, 5.74) is -0.00687. The van der Waals surface area contributed by atoms with Gasteiger partial charge in [-0.2, -0.15) is 0 Å². The number of hydrogen-bond donors (Lipinski definition) is 1. The third-order valence-electron chi connectivity index (χ3n) is 4.31. The second kappa shape index (κ2) is 9.11. The SMILES string of the molecule is COc1ccccc1[C@@H](CNC(=O)C(C)(C)Oc1ccc(Cl)cc1)N(C)C. The summed E-state index contributed by atoms with van der Waals surface area (Å²) in [6.07, 6.45) is 0. The van der Waals surface area contributed by atoms with E-state index in [1.54, 1.807) is 45.2 Å². The van der Waals surface area contributed by atoms with Gasteiger partial charge in [-0.25, -0.2) is 0 Å². The summed E-state index contributed by atoms with van der Waals surface area (Å²) in [5, 5.41) is 3.62. The Kier molecular flexibility index (Phi) is 7.11. The van der Waals surface area contributed by atoms with Gasteiger partial charge in [0.2, 0.25) is 0 Å². The molecular weight excluding hydrogens is 364 g/mol. The Bertz CT molecular complexity index is 760. The Labute approximate surface area is 166 Å². The van der Waals surface area contributed by atoms with Crippen LogP contribution < -0.4 is 14.8 Å². The molecule has 0 saturated carbocycles. The van der Waals surface area contributed by atoms with Crippen molar-refractivity contribution in [3.05, 3.63) is 59.1 Å². The predicted molar refractivity (Wildman–Crippen MR) is 109 cm³/mol.